The first-order valence-corrected chi connectivity index (χ1v) is 22.5. The lowest BCUT2D eigenvalue weighted by atomic mass is 9.73. The maximum absolute atomic E-state index is 13.5. The molecule has 4 heterocycles. The minimum absolute atomic E-state index is 0. The van der Waals surface area contributed by atoms with Crippen molar-refractivity contribution < 1.29 is 18.3 Å². The molecule has 2 aliphatic heterocycles. The monoisotopic (exact) mass is 823 g/mol. The molecule has 0 N–H and O–H groups in total. The second kappa shape index (κ2) is 21.0. The van der Waals surface area contributed by atoms with Crippen LogP contribution in [0.1, 0.15) is 154 Å². The molecule has 326 valence electrons. The number of nitrogens with zero attached hydrogens (tertiary/aromatic N) is 4. The van der Waals surface area contributed by atoms with Crippen molar-refractivity contribution >= 4 is 0 Å². The van der Waals surface area contributed by atoms with E-state index in [1.54, 1.807) is 24.3 Å². The van der Waals surface area contributed by atoms with E-state index in [1.165, 1.54) is 85.0 Å². The number of aryl methyl sites for hydroxylation is 2. The van der Waals surface area contributed by atoms with Crippen LogP contribution in [0.3, 0.4) is 0 Å². The molecule has 6 nitrogen and oxygen atoms in total. The minimum atomic E-state index is -0.181. The van der Waals surface area contributed by atoms with Crippen LogP contribution < -0.4 is 0 Å². The van der Waals surface area contributed by atoms with Gasteiger partial charge in [0.15, 0.2) is 0 Å². The molecular weight excluding hydrogens is 751 g/mol. The molecule has 4 aliphatic rings. The van der Waals surface area contributed by atoms with Crippen molar-refractivity contribution in [1.82, 2.24) is 19.8 Å². The van der Waals surface area contributed by atoms with Crippen molar-refractivity contribution in [2.24, 2.45) is 0 Å². The first kappa shape index (κ1) is 46.0. The van der Waals surface area contributed by atoms with Crippen molar-refractivity contribution in [3.63, 3.8) is 0 Å². The van der Waals surface area contributed by atoms with E-state index in [1.807, 2.05) is 24.3 Å². The Labute approximate surface area is 360 Å². The number of likely N-dealkylation sites (tertiary alicyclic amines) is 2. The lowest BCUT2D eigenvalue weighted by Crippen LogP contribution is -2.44. The van der Waals surface area contributed by atoms with Crippen LogP contribution in [-0.4, -0.2) is 73.3 Å². The summed E-state index contributed by atoms with van der Waals surface area (Å²) >= 11 is 0. The zero-order valence-corrected chi connectivity index (χ0v) is 36.5. The van der Waals surface area contributed by atoms with Gasteiger partial charge in [0.05, 0.1) is 37.3 Å². The van der Waals surface area contributed by atoms with Crippen LogP contribution in [0.5, 0.6) is 0 Å². The van der Waals surface area contributed by atoms with Crippen molar-refractivity contribution in [3.8, 4) is 0 Å². The number of rotatable bonds is 12. The Balaban J connectivity index is 0.000000198. The molecule has 0 bridgehead atoms. The van der Waals surface area contributed by atoms with Crippen LogP contribution in [0.2, 0.25) is 0 Å². The van der Waals surface area contributed by atoms with Crippen LogP contribution in [0.25, 0.3) is 0 Å². The zero-order valence-electron chi connectivity index (χ0n) is 36.5. The van der Waals surface area contributed by atoms with Gasteiger partial charge >= 0.3 is 0 Å². The average Bonchev–Trinajstić information content (AvgIpc) is 3.99. The van der Waals surface area contributed by atoms with Crippen LogP contribution in [0.15, 0.2) is 72.8 Å². The molecule has 0 radical (unpaired) electrons. The molecule has 0 spiro atoms. The fourth-order valence-corrected chi connectivity index (χ4v) is 10.1. The Morgan fingerprint density at radius 2 is 1.07 bits per heavy atom. The number of piperidine rings is 2. The highest BCUT2D eigenvalue weighted by molar-refractivity contribution is 5.30. The Kier molecular flexibility index (Phi) is 16.1. The molecule has 2 aromatic carbocycles. The highest BCUT2D eigenvalue weighted by Crippen LogP contribution is 2.39. The van der Waals surface area contributed by atoms with Gasteiger partial charge in [0, 0.05) is 34.1 Å². The van der Waals surface area contributed by atoms with E-state index < -0.39 is 0 Å². The Hall–Kier alpha value is -3.56. The summed E-state index contributed by atoms with van der Waals surface area (Å²) in [5.41, 5.74) is 9.37. The van der Waals surface area contributed by atoms with Gasteiger partial charge < -0.3 is 19.3 Å². The smallest absolute Gasteiger partial charge is 0.123 e. The number of ether oxygens (including phenoxy) is 2. The number of halogens is 2. The Morgan fingerprint density at radius 3 is 1.55 bits per heavy atom. The lowest BCUT2D eigenvalue weighted by molar-refractivity contribution is 0.00450. The summed E-state index contributed by atoms with van der Waals surface area (Å²) in [6, 6.07) is 22.9. The minimum Gasteiger partial charge on any atom is -0.374 e. The first-order chi connectivity index (χ1) is 28.5. The maximum Gasteiger partial charge on any atom is 0.123 e. The van der Waals surface area contributed by atoms with Crippen molar-refractivity contribution in [2.45, 2.75) is 141 Å². The van der Waals surface area contributed by atoms with Gasteiger partial charge in [-0.3, -0.25) is 9.97 Å². The second-order valence-corrected chi connectivity index (χ2v) is 18.6. The summed E-state index contributed by atoms with van der Waals surface area (Å²) in [4.78, 5) is 14.7. The van der Waals surface area contributed by atoms with Gasteiger partial charge in [-0.2, -0.15) is 0 Å². The third-order valence-corrected chi connectivity index (χ3v) is 14.1. The maximum atomic E-state index is 13.5. The molecule has 8 rings (SSSR count). The number of benzene rings is 2. The number of hydrogen-bond donors (Lipinski definition) is 0. The average molecular weight is 823 g/mol. The van der Waals surface area contributed by atoms with Crippen LogP contribution in [0, 0.1) is 25.5 Å². The normalized spacial score (nSPS) is 20.3. The van der Waals surface area contributed by atoms with E-state index in [4.69, 9.17) is 19.4 Å². The fraction of sp³-hybridized carbons (Fsp3) is 0.577. The van der Waals surface area contributed by atoms with Crippen LogP contribution >= 0.6 is 0 Å². The molecule has 2 saturated heterocycles. The Morgan fingerprint density at radius 1 is 0.633 bits per heavy atom. The molecule has 2 aliphatic carbocycles. The quantitative estimate of drug-likeness (QED) is 0.142. The van der Waals surface area contributed by atoms with Gasteiger partial charge in [-0.1, -0.05) is 57.4 Å². The van der Waals surface area contributed by atoms with Gasteiger partial charge in [-0.15, -0.1) is 0 Å². The van der Waals surface area contributed by atoms with E-state index in [-0.39, 0.29) is 36.0 Å². The van der Waals surface area contributed by atoms with E-state index in [2.05, 4.69) is 68.9 Å². The van der Waals surface area contributed by atoms with Crippen LogP contribution in [-0.2, 0) is 26.9 Å². The van der Waals surface area contributed by atoms with Gasteiger partial charge in [0.1, 0.15) is 11.6 Å². The van der Waals surface area contributed by atoms with E-state index >= 15 is 0 Å². The van der Waals surface area contributed by atoms with E-state index in [0.29, 0.717) is 31.7 Å². The Bertz CT molecular complexity index is 1920. The number of pyridine rings is 2. The first-order valence-electron chi connectivity index (χ1n) is 22.5. The molecule has 4 aromatic rings. The molecular formula is C52H72F2N4O2. The largest absolute Gasteiger partial charge is 0.374 e. The van der Waals surface area contributed by atoms with Gasteiger partial charge in [0.25, 0.3) is 0 Å². The molecule has 4 fully saturated rings. The molecule has 60 heavy (non-hydrogen) atoms. The third-order valence-electron chi connectivity index (χ3n) is 14.1. The topological polar surface area (TPSA) is 50.7 Å². The SMILES string of the molecule is C.Cc1cc(C2CCCC2)nc(C(C)OCC2(c3ccc(F)cc3)CCN(C)CC2)c1.Cc1cc(COCC2(c3ccc(F)cc3)CCN(C)CC2)nc(C2CCCC2)c1. The highest BCUT2D eigenvalue weighted by atomic mass is 19.1. The highest BCUT2D eigenvalue weighted by Gasteiger charge is 2.37. The summed E-state index contributed by atoms with van der Waals surface area (Å²) in [6.07, 6.45) is 14.4. The van der Waals surface area contributed by atoms with Crippen molar-refractivity contribution in [2.75, 3.05) is 53.5 Å². The second-order valence-electron chi connectivity index (χ2n) is 18.6. The van der Waals surface area contributed by atoms with Crippen LogP contribution in [0.4, 0.5) is 8.78 Å². The third kappa shape index (κ3) is 11.7. The summed E-state index contributed by atoms with van der Waals surface area (Å²) in [5.74, 6) is 0.865. The zero-order chi connectivity index (χ0) is 41.4. The van der Waals surface area contributed by atoms with E-state index in [9.17, 15) is 8.78 Å². The standard InChI is InChI=1S/C26H35FN2O.C25H33FN2O.CH4/c1-19-16-24(28-25(17-19)21-6-4-5-7-21)20(2)30-18-26(12-14-29(3)15-13-26)22-8-10-23(27)11-9-22;1-19-15-23(27-24(16-19)20-5-3-4-6-20)17-29-18-25(11-13-28(2)14-12-25)21-7-9-22(26)10-8-21;/h8-11,16-17,20-21H,4-7,12-15,18H2,1-3H3;7-10,15-16,20H,3-6,11-14,17-18H2,1-2H3;1H4. The van der Waals surface area contributed by atoms with Gasteiger partial charge in [0.2, 0.25) is 0 Å². The predicted octanol–water partition coefficient (Wildman–Crippen LogP) is 11.9. The fourth-order valence-electron chi connectivity index (χ4n) is 10.1. The summed E-state index contributed by atoms with van der Waals surface area (Å²) in [6.45, 7) is 12.4. The number of hydrogen-bond acceptors (Lipinski definition) is 6. The molecule has 2 saturated carbocycles. The molecule has 8 heteroatoms. The summed E-state index contributed by atoms with van der Waals surface area (Å²) in [5, 5.41) is 0. The predicted molar refractivity (Wildman–Crippen MR) is 241 cm³/mol. The molecule has 0 amide bonds. The summed E-state index contributed by atoms with van der Waals surface area (Å²) < 4.78 is 39.8. The molecule has 2 aromatic heterocycles. The van der Waals surface area contributed by atoms with Crippen molar-refractivity contribution in [1.29, 1.82) is 0 Å². The van der Waals surface area contributed by atoms with E-state index in [0.717, 1.165) is 63.3 Å². The lowest BCUT2D eigenvalue weighted by Gasteiger charge is -2.41. The molecule has 1 atom stereocenters. The van der Waals surface area contributed by atoms with Gasteiger partial charge in [-0.25, -0.2) is 8.78 Å². The van der Waals surface area contributed by atoms with Gasteiger partial charge in [-0.05, 0) is 183 Å². The van der Waals surface area contributed by atoms with Crippen molar-refractivity contribution in [3.05, 3.63) is 129 Å². The molecule has 1 unspecified atom stereocenters. The number of aromatic nitrogens is 2. The summed E-state index contributed by atoms with van der Waals surface area (Å²) in [7, 11) is 4.33.